The van der Waals surface area contributed by atoms with Crippen LogP contribution in [0.3, 0.4) is 0 Å². The summed E-state index contributed by atoms with van der Waals surface area (Å²) < 4.78 is 28.0. The van der Waals surface area contributed by atoms with Gasteiger partial charge in [-0.05, 0) is 54.4 Å². The lowest BCUT2D eigenvalue weighted by Gasteiger charge is -2.34. The maximum Gasteiger partial charge on any atom is 0.240 e. The Balaban J connectivity index is 1.31. The van der Waals surface area contributed by atoms with Gasteiger partial charge in [-0.1, -0.05) is 54.6 Å². The van der Waals surface area contributed by atoms with Crippen molar-refractivity contribution in [2.45, 2.75) is 11.3 Å². The summed E-state index contributed by atoms with van der Waals surface area (Å²) in [5.74, 6) is 0. The zero-order valence-electron chi connectivity index (χ0n) is 17.9. The predicted octanol–water partition coefficient (Wildman–Crippen LogP) is 3.63. The monoisotopic (exact) mass is 435 g/mol. The minimum absolute atomic E-state index is 0.289. The Bertz CT molecular complexity index is 1070. The third-order valence-electron chi connectivity index (χ3n) is 5.78. The summed E-state index contributed by atoms with van der Waals surface area (Å²) in [5, 5.41) is 0. The molecule has 3 aromatic rings. The highest BCUT2D eigenvalue weighted by Crippen LogP contribution is 2.21. The number of sulfonamides is 1. The molecule has 1 aliphatic heterocycles. The first-order valence-electron chi connectivity index (χ1n) is 10.7. The van der Waals surface area contributed by atoms with Crippen LogP contribution in [-0.2, 0) is 16.4 Å². The van der Waals surface area contributed by atoms with Gasteiger partial charge in [0.1, 0.15) is 0 Å². The molecule has 4 rings (SSSR count). The maximum absolute atomic E-state index is 12.6. The van der Waals surface area contributed by atoms with Crippen molar-refractivity contribution in [3.8, 4) is 11.1 Å². The first kappa shape index (κ1) is 21.6. The van der Waals surface area contributed by atoms with Crippen molar-refractivity contribution < 1.29 is 8.42 Å². The molecule has 162 valence electrons. The molecule has 0 aliphatic carbocycles. The van der Waals surface area contributed by atoms with Gasteiger partial charge in [-0.2, -0.15) is 0 Å². The van der Waals surface area contributed by atoms with Crippen molar-refractivity contribution >= 4 is 15.7 Å². The van der Waals surface area contributed by atoms with Crippen molar-refractivity contribution in [3.05, 3.63) is 84.4 Å². The van der Waals surface area contributed by atoms with Gasteiger partial charge >= 0.3 is 0 Å². The van der Waals surface area contributed by atoms with Crippen LogP contribution in [0.1, 0.15) is 5.56 Å². The van der Waals surface area contributed by atoms with Gasteiger partial charge in [-0.3, -0.25) is 0 Å². The number of benzene rings is 3. The SMILES string of the molecule is CN1CCN(c2ccc(CCNS(=O)(=O)c3ccc(-c4ccccc4)cc3)cc2)CC1. The van der Waals surface area contributed by atoms with Gasteiger partial charge in [-0.15, -0.1) is 0 Å². The number of nitrogens with zero attached hydrogens (tertiary/aromatic N) is 2. The molecular formula is C25H29N3O2S. The van der Waals surface area contributed by atoms with E-state index in [9.17, 15) is 8.42 Å². The second-order valence-electron chi connectivity index (χ2n) is 7.99. The molecule has 1 heterocycles. The van der Waals surface area contributed by atoms with Crippen LogP contribution in [0.15, 0.2) is 83.8 Å². The summed E-state index contributed by atoms with van der Waals surface area (Å²) in [6, 6.07) is 25.4. The lowest BCUT2D eigenvalue weighted by molar-refractivity contribution is 0.313. The second-order valence-corrected chi connectivity index (χ2v) is 9.76. The molecule has 0 aromatic heterocycles. The Labute approximate surface area is 185 Å². The Morgan fingerprint density at radius 3 is 2.03 bits per heavy atom. The van der Waals surface area contributed by atoms with Gasteiger partial charge in [0.2, 0.25) is 10.0 Å². The Kier molecular flexibility index (Phi) is 6.70. The minimum Gasteiger partial charge on any atom is -0.369 e. The largest absolute Gasteiger partial charge is 0.369 e. The maximum atomic E-state index is 12.6. The van der Waals surface area contributed by atoms with Gasteiger partial charge < -0.3 is 9.80 Å². The van der Waals surface area contributed by atoms with Crippen LogP contribution in [0, 0.1) is 0 Å². The zero-order chi connectivity index (χ0) is 21.7. The second kappa shape index (κ2) is 9.64. The predicted molar refractivity (Wildman–Crippen MR) is 127 cm³/mol. The molecule has 0 saturated carbocycles. The molecule has 0 unspecified atom stereocenters. The van der Waals surface area contributed by atoms with E-state index < -0.39 is 10.0 Å². The number of anilines is 1. The molecule has 0 amide bonds. The van der Waals surface area contributed by atoms with E-state index in [0.29, 0.717) is 13.0 Å². The zero-order valence-corrected chi connectivity index (χ0v) is 18.7. The van der Waals surface area contributed by atoms with Gasteiger partial charge in [0, 0.05) is 38.4 Å². The van der Waals surface area contributed by atoms with Gasteiger partial charge in [0.25, 0.3) is 0 Å². The first-order valence-corrected chi connectivity index (χ1v) is 12.2. The van der Waals surface area contributed by atoms with E-state index in [1.54, 1.807) is 12.1 Å². The van der Waals surface area contributed by atoms with E-state index in [1.807, 2.05) is 42.5 Å². The van der Waals surface area contributed by atoms with Crippen molar-refractivity contribution in [2.75, 3.05) is 44.7 Å². The molecular weight excluding hydrogens is 406 g/mol. The summed E-state index contributed by atoms with van der Waals surface area (Å²) in [5.41, 5.74) is 4.43. The van der Waals surface area contributed by atoms with Crippen LogP contribution in [0.5, 0.6) is 0 Å². The van der Waals surface area contributed by atoms with Gasteiger partial charge in [0.15, 0.2) is 0 Å². The van der Waals surface area contributed by atoms with Crippen LogP contribution in [0.4, 0.5) is 5.69 Å². The van der Waals surface area contributed by atoms with Crippen molar-refractivity contribution in [1.29, 1.82) is 0 Å². The molecule has 3 aromatic carbocycles. The van der Waals surface area contributed by atoms with Gasteiger partial charge in [-0.25, -0.2) is 13.1 Å². The van der Waals surface area contributed by atoms with E-state index in [-0.39, 0.29) is 4.90 Å². The van der Waals surface area contributed by atoms with Crippen LogP contribution in [-0.4, -0.2) is 53.1 Å². The number of likely N-dealkylation sites (N-methyl/N-ethyl adjacent to an activating group) is 1. The Morgan fingerprint density at radius 1 is 0.774 bits per heavy atom. The van der Waals surface area contributed by atoms with E-state index in [2.05, 4.69) is 45.8 Å². The van der Waals surface area contributed by atoms with Gasteiger partial charge in [0.05, 0.1) is 4.90 Å². The van der Waals surface area contributed by atoms with Crippen LogP contribution < -0.4 is 9.62 Å². The molecule has 1 saturated heterocycles. The highest BCUT2D eigenvalue weighted by Gasteiger charge is 2.15. The molecule has 0 atom stereocenters. The normalized spacial score (nSPS) is 15.2. The molecule has 6 heteroatoms. The molecule has 1 aliphatic rings. The molecule has 1 N–H and O–H groups in total. The highest BCUT2D eigenvalue weighted by molar-refractivity contribution is 7.89. The minimum atomic E-state index is -3.52. The molecule has 0 radical (unpaired) electrons. The van der Waals surface area contributed by atoms with Crippen molar-refractivity contribution in [1.82, 2.24) is 9.62 Å². The average molecular weight is 436 g/mol. The van der Waals surface area contributed by atoms with Crippen LogP contribution in [0.2, 0.25) is 0 Å². The lowest BCUT2D eigenvalue weighted by Crippen LogP contribution is -2.44. The molecule has 0 spiro atoms. The lowest BCUT2D eigenvalue weighted by atomic mass is 10.1. The summed E-state index contributed by atoms with van der Waals surface area (Å²) in [4.78, 5) is 5.02. The highest BCUT2D eigenvalue weighted by atomic mass is 32.2. The summed E-state index contributed by atoms with van der Waals surface area (Å²) in [6.07, 6.45) is 0.657. The summed E-state index contributed by atoms with van der Waals surface area (Å²) >= 11 is 0. The van der Waals surface area contributed by atoms with Crippen molar-refractivity contribution in [2.24, 2.45) is 0 Å². The Hall–Kier alpha value is -2.67. The number of piperazine rings is 1. The number of nitrogens with one attached hydrogen (secondary N) is 1. The van der Waals surface area contributed by atoms with E-state index in [0.717, 1.165) is 42.9 Å². The number of hydrogen-bond acceptors (Lipinski definition) is 4. The molecule has 5 nitrogen and oxygen atoms in total. The number of hydrogen-bond donors (Lipinski definition) is 1. The van der Waals surface area contributed by atoms with Crippen LogP contribution in [0.25, 0.3) is 11.1 Å². The smallest absolute Gasteiger partial charge is 0.240 e. The molecule has 0 bridgehead atoms. The first-order chi connectivity index (χ1) is 15.0. The van der Waals surface area contributed by atoms with Crippen LogP contribution >= 0.6 is 0 Å². The number of rotatable bonds is 7. The average Bonchev–Trinajstić information content (AvgIpc) is 2.81. The summed E-state index contributed by atoms with van der Waals surface area (Å²) in [7, 11) is -1.37. The third kappa shape index (κ3) is 5.53. The fraction of sp³-hybridized carbons (Fsp3) is 0.280. The van der Waals surface area contributed by atoms with E-state index in [4.69, 9.17) is 0 Å². The standard InChI is InChI=1S/C25H29N3O2S/c1-27-17-19-28(20-18-27)24-11-7-21(8-12-24)15-16-26-31(29,30)25-13-9-23(10-14-25)22-5-3-2-4-6-22/h2-14,26H,15-20H2,1H3. The summed E-state index contributed by atoms with van der Waals surface area (Å²) in [6.45, 7) is 4.61. The Morgan fingerprint density at radius 2 is 1.39 bits per heavy atom. The van der Waals surface area contributed by atoms with E-state index >= 15 is 0 Å². The van der Waals surface area contributed by atoms with E-state index in [1.165, 1.54) is 5.69 Å². The molecule has 1 fully saturated rings. The quantitative estimate of drug-likeness (QED) is 0.616. The van der Waals surface area contributed by atoms with Crippen molar-refractivity contribution in [3.63, 3.8) is 0 Å². The third-order valence-corrected chi connectivity index (χ3v) is 7.26. The fourth-order valence-corrected chi connectivity index (χ4v) is 4.84. The molecule has 31 heavy (non-hydrogen) atoms. The topological polar surface area (TPSA) is 52.6 Å². The fourth-order valence-electron chi connectivity index (χ4n) is 3.81.